The van der Waals surface area contributed by atoms with Gasteiger partial charge in [-0.2, -0.15) is 0 Å². The second kappa shape index (κ2) is 6.40. The van der Waals surface area contributed by atoms with Crippen molar-refractivity contribution in [2.24, 2.45) is 0 Å². The molecule has 114 valence electrons. The highest BCUT2D eigenvalue weighted by atomic mass is 16.4. The van der Waals surface area contributed by atoms with Crippen LogP contribution in [0.15, 0.2) is 36.7 Å². The molecule has 1 aromatic carbocycles. The molecule has 0 bridgehead atoms. The van der Waals surface area contributed by atoms with Crippen LogP contribution in [0.3, 0.4) is 0 Å². The Morgan fingerprint density at radius 1 is 1.14 bits per heavy atom. The van der Waals surface area contributed by atoms with Crippen LogP contribution in [0.1, 0.15) is 10.4 Å². The van der Waals surface area contributed by atoms with Gasteiger partial charge in [-0.1, -0.05) is 0 Å². The van der Waals surface area contributed by atoms with Crippen molar-refractivity contribution in [1.82, 2.24) is 15.3 Å². The van der Waals surface area contributed by atoms with Gasteiger partial charge in [0.1, 0.15) is 0 Å². The number of carboxylic acid groups (broad SMARTS) is 1. The molecule has 22 heavy (non-hydrogen) atoms. The van der Waals surface area contributed by atoms with Crippen LogP contribution in [0.2, 0.25) is 0 Å². The summed E-state index contributed by atoms with van der Waals surface area (Å²) < 4.78 is 0. The number of carboxylic acids is 1. The fourth-order valence-electron chi connectivity index (χ4n) is 2.31. The lowest BCUT2D eigenvalue weighted by atomic mass is 10.2. The summed E-state index contributed by atoms with van der Waals surface area (Å²) in [5.74, 6) is -0.660. The number of anilines is 3. The van der Waals surface area contributed by atoms with Gasteiger partial charge in [-0.15, -0.1) is 0 Å². The summed E-state index contributed by atoms with van der Waals surface area (Å²) in [4.78, 5) is 21.1. The Balaban J connectivity index is 1.66. The summed E-state index contributed by atoms with van der Waals surface area (Å²) in [6.45, 7) is 4.02. The molecular formula is C15H17N5O2. The zero-order chi connectivity index (χ0) is 15.4. The first-order valence-electron chi connectivity index (χ1n) is 7.10. The Morgan fingerprint density at radius 2 is 1.77 bits per heavy atom. The average molecular weight is 299 g/mol. The molecule has 1 saturated heterocycles. The van der Waals surface area contributed by atoms with E-state index in [0.717, 1.165) is 31.9 Å². The van der Waals surface area contributed by atoms with Crippen LogP contribution in [-0.4, -0.2) is 47.2 Å². The Labute approximate surface area is 128 Å². The van der Waals surface area contributed by atoms with Crippen molar-refractivity contribution in [3.8, 4) is 0 Å². The molecule has 0 saturated carbocycles. The molecule has 1 aromatic heterocycles. The predicted octanol–water partition coefficient (Wildman–Crippen LogP) is 1.33. The molecule has 1 fully saturated rings. The lowest BCUT2D eigenvalue weighted by molar-refractivity contribution is 0.0696. The molecule has 0 radical (unpaired) electrons. The van der Waals surface area contributed by atoms with E-state index in [-0.39, 0.29) is 5.56 Å². The number of benzene rings is 1. The van der Waals surface area contributed by atoms with Gasteiger partial charge in [0.25, 0.3) is 0 Å². The van der Waals surface area contributed by atoms with E-state index in [4.69, 9.17) is 5.11 Å². The molecule has 0 unspecified atom stereocenters. The lowest BCUT2D eigenvalue weighted by Crippen LogP contribution is -2.43. The van der Waals surface area contributed by atoms with Crippen molar-refractivity contribution in [3.05, 3.63) is 42.2 Å². The molecule has 1 aliphatic heterocycles. The number of aromatic nitrogens is 2. The highest BCUT2D eigenvalue weighted by Gasteiger charge is 2.10. The van der Waals surface area contributed by atoms with E-state index in [2.05, 4.69) is 37.6 Å². The van der Waals surface area contributed by atoms with E-state index < -0.39 is 5.97 Å². The number of aromatic carboxylic acids is 1. The van der Waals surface area contributed by atoms with Crippen LogP contribution in [0, 0.1) is 0 Å². The molecule has 0 amide bonds. The number of nitrogens with zero attached hydrogens (tertiary/aromatic N) is 3. The molecular weight excluding hydrogens is 282 g/mol. The Hall–Kier alpha value is -2.67. The van der Waals surface area contributed by atoms with Crippen LogP contribution in [0.4, 0.5) is 17.3 Å². The summed E-state index contributed by atoms with van der Waals surface area (Å²) in [5, 5.41) is 15.2. The summed E-state index contributed by atoms with van der Waals surface area (Å²) in [5.41, 5.74) is 2.12. The molecule has 3 rings (SSSR count). The number of nitrogens with one attached hydrogen (secondary N) is 2. The minimum Gasteiger partial charge on any atom is -0.478 e. The normalized spacial score (nSPS) is 14.6. The first-order chi connectivity index (χ1) is 10.7. The van der Waals surface area contributed by atoms with Crippen molar-refractivity contribution in [2.45, 2.75) is 0 Å². The lowest BCUT2D eigenvalue weighted by Gasteiger charge is -2.29. The Kier molecular flexibility index (Phi) is 4.15. The van der Waals surface area contributed by atoms with Gasteiger partial charge in [-0.3, -0.25) is 0 Å². The number of piperazine rings is 1. The minimum absolute atomic E-state index is 0.0691. The maximum atomic E-state index is 10.7. The second-order valence-corrected chi connectivity index (χ2v) is 5.01. The van der Waals surface area contributed by atoms with Crippen LogP contribution in [0.25, 0.3) is 0 Å². The highest BCUT2D eigenvalue weighted by molar-refractivity contribution is 5.86. The van der Waals surface area contributed by atoms with Gasteiger partial charge < -0.3 is 20.6 Å². The summed E-state index contributed by atoms with van der Waals surface area (Å²) in [7, 11) is 0. The van der Waals surface area contributed by atoms with Crippen molar-refractivity contribution in [3.63, 3.8) is 0 Å². The van der Waals surface area contributed by atoms with Crippen LogP contribution < -0.4 is 15.5 Å². The molecule has 7 heteroatoms. The number of rotatable bonds is 4. The quantitative estimate of drug-likeness (QED) is 0.784. The van der Waals surface area contributed by atoms with Crippen LogP contribution in [0.5, 0.6) is 0 Å². The zero-order valence-electron chi connectivity index (χ0n) is 12.0. The van der Waals surface area contributed by atoms with E-state index in [1.54, 1.807) is 0 Å². The molecule has 2 heterocycles. The third-order valence-corrected chi connectivity index (χ3v) is 3.50. The molecule has 2 aromatic rings. The predicted molar refractivity (Wildman–Crippen MR) is 83.8 cm³/mol. The van der Waals surface area contributed by atoms with Crippen molar-refractivity contribution in [2.75, 3.05) is 36.4 Å². The summed E-state index contributed by atoms with van der Waals surface area (Å²) in [6.07, 6.45) is 2.57. The van der Waals surface area contributed by atoms with Gasteiger partial charge in [-0.25, -0.2) is 14.8 Å². The molecule has 7 nitrogen and oxygen atoms in total. The fourth-order valence-corrected chi connectivity index (χ4v) is 2.31. The van der Waals surface area contributed by atoms with Gasteiger partial charge in [0.05, 0.1) is 5.56 Å². The van der Waals surface area contributed by atoms with Gasteiger partial charge in [0.15, 0.2) is 0 Å². The monoisotopic (exact) mass is 299 g/mol. The second-order valence-electron chi connectivity index (χ2n) is 5.01. The SMILES string of the molecule is O=C(O)c1cnc(Nc2ccc(N3CCNCC3)cc2)nc1. The van der Waals surface area contributed by atoms with E-state index in [1.165, 1.54) is 18.1 Å². The van der Waals surface area contributed by atoms with Crippen molar-refractivity contribution in [1.29, 1.82) is 0 Å². The van der Waals surface area contributed by atoms with Gasteiger partial charge in [0.2, 0.25) is 5.95 Å². The maximum absolute atomic E-state index is 10.7. The van der Waals surface area contributed by atoms with Crippen molar-refractivity contribution >= 4 is 23.3 Å². The van der Waals surface area contributed by atoms with Crippen molar-refractivity contribution < 1.29 is 9.90 Å². The fraction of sp³-hybridized carbons (Fsp3) is 0.267. The number of hydrogen-bond acceptors (Lipinski definition) is 6. The van der Waals surface area contributed by atoms with E-state index >= 15 is 0 Å². The molecule has 0 atom stereocenters. The van der Waals surface area contributed by atoms with Crippen LogP contribution >= 0.6 is 0 Å². The molecule has 3 N–H and O–H groups in total. The molecule has 1 aliphatic rings. The topological polar surface area (TPSA) is 90.4 Å². The van der Waals surface area contributed by atoms with E-state index in [1.807, 2.05) is 12.1 Å². The van der Waals surface area contributed by atoms with E-state index in [0.29, 0.717) is 5.95 Å². The third kappa shape index (κ3) is 3.32. The first kappa shape index (κ1) is 14.3. The minimum atomic E-state index is -1.04. The summed E-state index contributed by atoms with van der Waals surface area (Å²) >= 11 is 0. The molecule has 0 spiro atoms. The molecule has 0 aliphatic carbocycles. The number of carbonyl (C=O) groups is 1. The zero-order valence-corrected chi connectivity index (χ0v) is 12.0. The standard InChI is InChI=1S/C15H17N5O2/c21-14(22)11-9-17-15(18-10-11)19-12-1-3-13(4-2-12)20-7-5-16-6-8-20/h1-4,9-10,16H,5-8H2,(H,21,22)(H,17,18,19). The Bertz CT molecular complexity index is 636. The Morgan fingerprint density at radius 3 is 2.36 bits per heavy atom. The van der Waals surface area contributed by atoms with Gasteiger partial charge in [-0.05, 0) is 24.3 Å². The third-order valence-electron chi connectivity index (χ3n) is 3.50. The van der Waals surface area contributed by atoms with Gasteiger partial charge in [0, 0.05) is 49.9 Å². The average Bonchev–Trinajstić information content (AvgIpc) is 2.57. The van der Waals surface area contributed by atoms with Gasteiger partial charge >= 0.3 is 5.97 Å². The van der Waals surface area contributed by atoms with E-state index in [9.17, 15) is 4.79 Å². The van der Waals surface area contributed by atoms with Crippen LogP contribution in [-0.2, 0) is 0 Å². The largest absolute Gasteiger partial charge is 0.478 e. The first-order valence-corrected chi connectivity index (χ1v) is 7.10. The summed E-state index contributed by atoms with van der Waals surface area (Å²) in [6, 6.07) is 8.04. The maximum Gasteiger partial charge on any atom is 0.338 e. The number of hydrogen-bond donors (Lipinski definition) is 3. The highest BCUT2D eigenvalue weighted by Crippen LogP contribution is 2.20. The smallest absolute Gasteiger partial charge is 0.338 e.